The van der Waals surface area contributed by atoms with Crippen LogP contribution < -0.4 is 15.5 Å². The Morgan fingerprint density at radius 2 is 1.81 bits per heavy atom. The first-order chi connectivity index (χ1) is 15.4. The highest BCUT2D eigenvalue weighted by molar-refractivity contribution is 5.68. The molecule has 0 spiro atoms. The molecule has 4 heteroatoms. The van der Waals surface area contributed by atoms with Gasteiger partial charge in [0.2, 0.25) is 0 Å². The number of allylic oxidation sites excluding steroid dienone is 1. The molecule has 0 aromatic heterocycles. The van der Waals surface area contributed by atoms with E-state index in [2.05, 4.69) is 79.1 Å². The molecule has 2 saturated heterocycles. The minimum atomic E-state index is 0.199. The zero-order valence-corrected chi connectivity index (χ0v) is 20.7. The molecule has 0 saturated carbocycles. The van der Waals surface area contributed by atoms with Crippen LogP contribution in [0.4, 0.5) is 5.69 Å². The molecule has 1 aromatic carbocycles. The molecule has 1 aromatic rings. The number of benzene rings is 1. The fraction of sp³-hybridized carbons (Fsp3) is 0.571. The SMILES string of the molecule is C=C1CCC(NC(=C)c2ccc(N3CCN(CC(CCC)CCC)CC3)cc2C)C(=C)N1. The van der Waals surface area contributed by atoms with Crippen LogP contribution in [0.25, 0.3) is 5.70 Å². The Kier molecular flexibility index (Phi) is 8.86. The monoisotopic (exact) mass is 436 g/mol. The van der Waals surface area contributed by atoms with E-state index >= 15 is 0 Å². The fourth-order valence-electron chi connectivity index (χ4n) is 5.20. The van der Waals surface area contributed by atoms with Crippen molar-refractivity contribution in [1.29, 1.82) is 0 Å². The van der Waals surface area contributed by atoms with Crippen LogP contribution in [0.15, 0.2) is 49.3 Å². The predicted octanol–water partition coefficient (Wildman–Crippen LogP) is 5.67. The van der Waals surface area contributed by atoms with E-state index < -0.39 is 0 Å². The summed E-state index contributed by atoms with van der Waals surface area (Å²) in [5, 5.41) is 6.85. The van der Waals surface area contributed by atoms with E-state index in [9.17, 15) is 0 Å². The molecule has 2 aliphatic heterocycles. The van der Waals surface area contributed by atoms with E-state index in [1.54, 1.807) is 0 Å². The molecule has 176 valence electrons. The zero-order chi connectivity index (χ0) is 23.1. The number of aryl methyl sites for hydroxylation is 1. The van der Waals surface area contributed by atoms with Gasteiger partial charge in [0.1, 0.15) is 0 Å². The molecule has 2 aliphatic rings. The molecular formula is C28H44N4. The maximum absolute atomic E-state index is 4.32. The van der Waals surface area contributed by atoms with Crippen molar-refractivity contribution in [3.05, 3.63) is 60.5 Å². The summed E-state index contributed by atoms with van der Waals surface area (Å²) < 4.78 is 0. The lowest BCUT2D eigenvalue weighted by atomic mass is 9.97. The molecule has 1 unspecified atom stereocenters. The molecule has 0 aliphatic carbocycles. The molecule has 0 radical (unpaired) electrons. The largest absolute Gasteiger partial charge is 0.377 e. The van der Waals surface area contributed by atoms with Gasteiger partial charge in [0.15, 0.2) is 0 Å². The average Bonchev–Trinajstić information content (AvgIpc) is 2.76. The van der Waals surface area contributed by atoms with Crippen LogP contribution in [0.5, 0.6) is 0 Å². The van der Waals surface area contributed by atoms with Crippen LogP contribution in [0.3, 0.4) is 0 Å². The number of hydrogen-bond acceptors (Lipinski definition) is 4. The highest BCUT2D eigenvalue weighted by Crippen LogP contribution is 2.26. The summed E-state index contributed by atoms with van der Waals surface area (Å²) in [6.07, 6.45) is 7.30. The van der Waals surface area contributed by atoms with E-state index in [1.165, 1.54) is 62.1 Å². The fourth-order valence-corrected chi connectivity index (χ4v) is 5.20. The number of nitrogens with one attached hydrogen (secondary N) is 2. The van der Waals surface area contributed by atoms with Crippen molar-refractivity contribution in [2.45, 2.75) is 65.3 Å². The minimum absolute atomic E-state index is 0.199. The van der Waals surface area contributed by atoms with E-state index in [1.807, 2.05) is 0 Å². The summed E-state index contributed by atoms with van der Waals surface area (Å²) in [6, 6.07) is 7.01. The quantitative estimate of drug-likeness (QED) is 0.494. The van der Waals surface area contributed by atoms with Gasteiger partial charge in [-0.2, -0.15) is 0 Å². The Morgan fingerprint density at radius 3 is 2.41 bits per heavy atom. The number of piperidine rings is 1. The summed E-state index contributed by atoms with van der Waals surface area (Å²) in [5.41, 5.74) is 6.79. The highest BCUT2D eigenvalue weighted by Gasteiger charge is 2.22. The number of piperazine rings is 1. The van der Waals surface area contributed by atoms with Crippen LogP contribution >= 0.6 is 0 Å². The molecule has 2 heterocycles. The second-order valence-corrected chi connectivity index (χ2v) is 9.70. The van der Waals surface area contributed by atoms with Crippen molar-refractivity contribution in [2.75, 3.05) is 37.6 Å². The lowest BCUT2D eigenvalue weighted by Gasteiger charge is -2.38. The van der Waals surface area contributed by atoms with Gasteiger partial charge in [-0.15, -0.1) is 0 Å². The summed E-state index contributed by atoms with van der Waals surface area (Å²) >= 11 is 0. The van der Waals surface area contributed by atoms with Gasteiger partial charge in [-0.3, -0.25) is 4.90 Å². The first-order valence-corrected chi connectivity index (χ1v) is 12.6. The van der Waals surface area contributed by atoms with Crippen molar-refractivity contribution in [3.63, 3.8) is 0 Å². The second-order valence-electron chi connectivity index (χ2n) is 9.70. The van der Waals surface area contributed by atoms with Crippen LogP contribution in [-0.4, -0.2) is 43.7 Å². The summed E-state index contributed by atoms with van der Waals surface area (Å²) in [5.74, 6) is 0.866. The van der Waals surface area contributed by atoms with Crippen LogP contribution in [0.2, 0.25) is 0 Å². The van der Waals surface area contributed by atoms with Crippen molar-refractivity contribution >= 4 is 11.4 Å². The van der Waals surface area contributed by atoms with Crippen molar-refractivity contribution in [1.82, 2.24) is 15.5 Å². The Hall–Kier alpha value is -2.20. The van der Waals surface area contributed by atoms with Crippen molar-refractivity contribution in [3.8, 4) is 0 Å². The van der Waals surface area contributed by atoms with Crippen molar-refractivity contribution in [2.24, 2.45) is 5.92 Å². The van der Waals surface area contributed by atoms with Crippen LogP contribution in [0, 0.1) is 12.8 Å². The third-order valence-electron chi connectivity index (χ3n) is 7.02. The topological polar surface area (TPSA) is 30.5 Å². The maximum atomic E-state index is 4.32. The van der Waals surface area contributed by atoms with Gasteiger partial charge in [0, 0.05) is 61.1 Å². The highest BCUT2D eigenvalue weighted by atomic mass is 15.3. The zero-order valence-electron chi connectivity index (χ0n) is 20.7. The van der Waals surface area contributed by atoms with E-state index in [0.29, 0.717) is 0 Å². The molecule has 32 heavy (non-hydrogen) atoms. The molecule has 1 atom stereocenters. The lowest BCUT2D eigenvalue weighted by molar-refractivity contribution is 0.206. The average molecular weight is 437 g/mol. The Labute approximate surface area is 196 Å². The first kappa shape index (κ1) is 24.4. The summed E-state index contributed by atoms with van der Waals surface area (Å²) in [7, 11) is 0. The van der Waals surface area contributed by atoms with Gasteiger partial charge in [0.05, 0.1) is 6.04 Å². The molecule has 3 rings (SSSR count). The first-order valence-electron chi connectivity index (χ1n) is 12.6. The van der Waals surface area contributed by atoms with Crippen molar-refractivity contribution < 1.29 is 0 Å². The smallest absolute Gasteiger partial charge is 0.0660 e. The third-order valence-corrected chi connectivity index (χ3v) is 7.02. The normalized spacial score (nSPS) is 19.9. The van der Waals surface area contributed by atoms with E-state index in [0.717, 1.165) is 48.9 Å². The standard InChI is InChI=1S/C28H44N4/c1-7-9-25(10-8-2)20-31-15-17-32(18-16-31)26-12-13-27(21(3)19-26)23(5)30-28-14-11-22(4)29-24(28)6/h12-13,19,25,28-30H,4-11,14-18,20H2,1-3H3. The summed E-state index contributed by atoms with van der Waals surface area (Å²) in [4.78, 5) is 5.22. The summed E-state index contributed by atoms with van der Waals surface area (Å²) in [6.45, 7) is 25.1. The molecular weight excluding hydrogens is 392 g/mol. The van der Waals surface area contributed by atoms with E-state index in [4.69, 9.17) is 0 Å². The van der Waals surface area contributed by atoms with Crippen LogP contribution in [-0.2, 0) is 0 Å². The minimum Gasteiger partial charge on any atom is -0.377 e. The van der Waals surface area contributed by atoms with Gasteiger partial charge in [-0.25, -0.2) is 0 Å². The van der Waals surface area contributed by atoms with Gasteiger partial charge in [-0.1, -0.05) is 52.5 Å². The Bertz CT molecular complexity index is 798. The maximum Gasteiger partial charge on any atom is 0.0660 e. The van der Waals surface area contributed by atoms with E-state index in [-0.39, 0.29) is 6.04 Å². The molecule has 4 nitrogen and oxygen atoms in total. The second kappa shape index (κ2) is 11.6. The Morgan fingerprint density at radius 1 is 1.12 bits per heavy atom. The predicted molar refractivity (Wildman–Crippen MR) is 140 cm³/mol. The number of rotatable bonds is 10. The third kappa shape index (κ3) is 6.41. The van der Waals surface area contributed by atoms with Gasteiger partial charge >= 0.3 is 0 Å². The van der Waals surface area contributed by atoms with Crippen LogP contribution in [0.1, 0.15) is 63.5 Å². The lowest BCUT2D eigenvalue weighted by Crippen LogP contribution is -2.47. The van der Waals surface area contributed by atoms with Gasteiger partial charge < -0.3 is 15.5 Å². The molecule has 2 fully saturated rings. The molecule has 2 N–H and O–H groups in total. The molecule has 0 bridgehead atoms. The Balaban J connectivity index is 1.54. The molecule has 0 amide bonds. The number of hydrogen-bond donors (Lipinski definition) is 2. The number of anilines is 1. The number of nitrogens with zero attached hydrogens (tertiary/aromatic N) is 2. The van der Waals surface area contributed by atoms with Gasteiger partial charge in [0.25, 0.3) is 0 Å². The van der Waals surface area contributed by atoms with Gasteiger partial charge in [-0.05, 0) is 56.2 Å².